The summed E-state index contributed by atoms with van der Waals surface area (Å²) in [6.45, 7) is 2.27. The van der Waals surface area contributed by atoms with Gasteiger partial charge < -0.3 is 5.73 Å². The van der Waals surface area contributed by atoms with Gasteiger partial charge in [0.05, 0.1) is 0 Å². The largest absolute Gasteiger partial charge is 0.327 e. The summed E-state index contributed by atoms with van der Waals surface area (Å²) in [5.74, 6) is 0. The van der Waals surface area contributed by atoms with E-state index in [1.165, 1.54) is 68.2 Å². The molecular weight excluding hydrogens is 262 g/mol. The lowest BCUT2D eigenvalue weighted by Gasteiger charge is -2.17. The van der Waals surface area contributed by atoms with Gasteiger partial charge in [0.25, 0.3) is 0 Å². The number of hydrogen-bond acceptors (Lipinski definition) is 2. The van der Waals surface area contributed by atoms with Crippen molar-refractivity contribution >= 4 is 11.8 Å². The van der Waals surface area contributed by atoms with Crippen molar-refractivity contribution in [2.45, 2.75) is 80.9 Å². The predicted octanol–water partition coefficient (Wildman–Crippen LogP) is 5.17. The van der Waals surface area contributed by atoms with Crippen LogP contribution in [-0.2, 0) is 6.42 Å². The van der Waals surface area contributed by atoms with Crippen LogP contribution < -0.4 is 5.73 Å². The fourth-order valence-corrected chi connectivity index (χ4v) is 4.33. The van der Waals surface area contributed by atoms with Crippen molar-refractivity contribution in [3.63, 3.8) is 0 Å². The standard InChI is InChI=1S/C18H29NS/c1-2-3-4-5-6-7-8-12-16(19)18-14-15-11-9-10-13-17(15)20-18/h9-11,13,16,18H,2-8,12,14,19H2,1H3. The molecule has 0 amide bonds. The van der Waals surface area contributed by atoms with E-state index < -0.39 is 0 Å². The summed E-state index contributed by atoms with van der Waals surface area (Å²) in [6, 6.07) is 9.13. The van der Waals surface area contributed by atoms with Crippen molar-refractivity contribution in [2.75, 3.05) is 0 Å². The average molecular weight is 292 g/mol. The van der Waals surface area contributed by atoms with Gasteiger partial charge in [0.1, 0.15) is 0 Å². The quantitative estimate of drug-likeness (QED) is 0.635. The highest BCUT2D eigenvalue weighted by atomic mass is 32.2. The Morgan fingerprint density at radius 2 is 1.80 bits per heavy atom. The van der Waals surface area contributed by atoms with Crippen LogP contribution in [0.3, 0.4) is 0 Å². The topological polar surface area (TPSA) is 26.0 Å². The molecule has 1 aliphatic heterocycles. The number of hydrogen-bond donors (Lipinski definition) is 1. The van der Waals surface area contributed by atoms with Crippen LogP contribution >= 0.6 is 11.8 Å². The van der Waals surface area contributed by atoms with Crippen LogP contribution in [0.15, 0.2) is 29.2 Å². The van der Waals surface area contributed by atoms with Gasteiger partial charge in [-0.2, -0.15) is 0 Å². The van der Waals surface area contributed by atoms with Gasteiger partial charge in [0.15, 0.2) is 0 Å². The van der Waals surface area contributed by atoms with Crippen molar-refractivity contribution in [3.05, 3.63) is 29.8 Å². The summed E-state index contributed by atoms with van der Waals surface area (Å²) < 4.78 is 0. The van der Waals surface area contributed by atoms with E-state index in [2.05, 4.69) is 31.2 Å². The molecule has 0 bridgehead atoms. The molecule has 0 fully saturated rings. The zero-order chi connectivity index (χ0) is 14.2. The molecule has 0 radical (unpaired) electrons. The Hall–Kier alpha value is -0.470. The van der Waals surface area contributed by atoms with Crippen molar-refractivity contribution in [3.8, 4) is 0 Å². The Morgan fingerprint density at radius 3 is 2.55 bits per heavy atom. The molecule has 0 aromatic heterocycles. The summed E-state index contributed by atoms with van der Waals surface area (Å²) in [5.41, 5.74) is 7.90. The summed E-state index contributed by atoms with van der Waals surface area (Å²) in [7, 11) is 0. The van der Waals surface area contributed by atoms with E-state index in [1.807, 2.05) is 11.8 Å². The first-order valence-electron chi connectivity index (χ1n) is 8.31. The molecule has 2 heteroatoms. The first kappa shape index (κ1) is 15.9. The van der Waals surface area contributed by atoms with E-state index in [-0.39, 0.29) is 0 Å². The number of fused-ring (bicyclic) bond motifs is 1. The number of unbranched alkanes of at least 4 members (excludes halogenated alkanes) is 6. The maximum atomic E-state index is 6.40. The van der Waals surface area contributed by atoms with Gasteiger partial charge in [-0.1, -0.05) is 70.1 Å². The summed E-state index contributed by atoms with van der Waals surface area (Å²) >= 11 is 1.99. The van der Waals surface area contributed by atoms with Crippen molar-refractivity contribution in [2.24, 2.45) is 5.73 Å². The van der Waals surface area contributed by atoms with Crippen molar-refractivity contribution in [1.82, 2.24) is 0 Å². The molecule has 0 aliphatic carbocycles. The van der Waals surface area contributed by atoms with Crippen LogP contribution in [-0.4, -0.2) is 11.3 Å². The Bertz CT molecular complexity index is 366. The van der Waals surface area contributed by atoms with Crippen LogP contribution in [0.25, 0.3) is 0 Å². The molecule has 2 N–H and O–H groups in total. The molecule has 1 heterocycles. The molecule has 1 aromatic rings. The molecule has 2 unspecified atom stereocenters. The molecule has 20 heavy (non-hydrogen) atoms. The summed E-state index contributed by atoms with van der Waals surface area (Å²) in [4.78, 5) is 1.45. The van der Waals surface area contributed by atoms with Gasteiger partial charge in [0.2, 0.25) is 0 Å². The Morgan fingerprint density at radius 1 is 1.10 bits per heavy atom. The summed E-state index contributed by atoms with van der Waals surface area (Å²) in [5, 5.41) is 0.604. The number of nitrogens with two attached hydrogens (primary N) is 1. The first-order chi connectivity index (χ1) is 9.81. The van der Waals surface area contributed by atoms with Gasteiger partial charge >= 0.3 is 0 Å². The zero-order valence-corrected chi connectivity index (χ0v) is 13.6. The maximum Gasteiger partial charge on any atom is 0.0287 e. The molecule has 2 rings (SSSR count). The molecule has 0 saturated carbocycles. The molecular formula is C18H29NS. The summed E-state index contributed by atoms with van der Waals surface area (Å²) in [6.07, 6.45) is 12.0. The average Bonchev–Trinajstić information content (AvgIpc) is 2.90. The second kappa shape index (κ2) is 8.74. The lowest BCUT2D eigenvalue weighted by atomic mass is 10.00. The van der Waals surface area contributed by atoms with Crippen LogP contribution in [0.5, 0.6) is 0 Å². The third-order valence-corrected chi connectivity index (χ3v) is 5.76. The second-order valence-electron chi connectivity index (χ2n) is 6.04. The van der Waals surface area contributed by atoms with Gasteiger partial charge in [-0.25, -0.2) is 0 Å². The normalized spacial score (nSPS) is 19.0. The first-order valence-corrected chi connectivity index (χ1v) is 9.19. The molecule has 1 nitrogen and oxygen atoms in total. The highest BCUT2D eigenvalue weighted by molar-refractivity contribution is 8.00. The number of benzene rings is 1. The van der Waals surface area contributed by atoms with E-state index in [0.29, 0.717) is 11.3 Å². The van der Waals surface area contributed by atoms with Crippen LogP contribution in [0.4, 0.5) is 0 Å². The fourth-order valence-electron chi connectivity index (χ4n) is 2.97. The molecule has 1 aliphatic rings. The predicted molar refractivity (Wildman–Crippen MR) is 90.4 cm³/mol. The van der Waals surface area contributed by atoms with Gasteiger partial charge in [-0.05, 0) is 24.5 Å². The molecule has 112 valence electrons. The molecule has 0 saturated heterocycles. The number of rotatable bonds is 9. The fraction of sp³-hybridized carbons (Fsp3) is 0.667. The minimum Gasteiger partial charge on any atom is -0.327 e. The number of thioether (sulfide) groups is 1. The SMILES string of the molecule is CCCCCCCCCC(N)C1Cc2ccccc2S1. The van der Waals surface area contributed by atoms with E-state index >= 15 is 0 Å². The van der Waals surface area contributed by atoms with Crippen LogP contribution in [0, 0.1) is 0 Å². The van der Waals surface area contributed by atoms with Crippen molar-refractivity contribution < 1.29 is 0 Å². The van der Waals surface area contributed by atoms with Gasteiger partial charge in [-0.15, -0.1) is 11.8 Å². The van der Waals surface area contributed by atoms with E-state index in [1.54, 1.807) is 0 Å². The second-order valence-corrected chi connectivity index (χ2v) is 7.32. The lowest BCUT2D eigenvalue weighted by molar-refractivity contribution is 0.519. The zero-order valence-electron chi connectivity index (χ0n) is 12.8. The highest BCUT2D eigenvalue weighted by Gasteiger charge is 2.26. The van der Waals surface area contributed by atoms with Gasteiger partial charge in [-0.3, -0.25) is 0 Å². The molecule has 0 spiro atoms. The highest BCUT2D eigenvalue weighted by Crippen LogP contribution is 2.38. The van der Waals surface area contributed by atoms with Gasteiger partial charge in [0, 0.05) is 16.2 Å². The third-order valence-electron chi connectivity index (χ3n) is 4.29. The van der Waals surface area contributed by atoms with E-state index in [4.69, 9.17) is 5.73 Å². The molecule has 2 atom stereocenters. The van der Waals surface area contributed by atoms with Crippen molar-refractivity contribution in [1.29, 1.82) is 0 Å². The third kappa shape index (κ3) is 4.82. The molecule has 1 aromatic carbocycles. The Labute approximate surface area is 128 Å². The smallest absolute Gasteiger partial charge is 0.0287 e. The Balaban J connectivity index is 1.59. The Kier molecular flexibility index (Phi) is 6.95. The van der Waals surface area contributed by atoms with Crippen LogP contribution in [0.2, 0.25) is 0 Å². The minimum atomic E-state index is 0.364. The minimum absolute atomic E-state index is 0.364. The lowest BCUT2D eigenvalue weighted by Crippen LogP contribution is -2.32. The van der Waals surface area contributed by atoms with E-state index in [0.717, 1.165) is 0 Å². The van der Waals surface area contributed by atoms with E-state index in [9.17, 15) is 0 Å². The monoisotopic (exact) mass is 291 g/mol. The van der Waals surface area contributed by atoms with Crippen LogP contribution in [0.1, 0.15) is 63.9 Å². The maximum absolute atomic E-state index is 6.40.